The van der Waals surface area contributed by atoms with Crippen LogP contribution < -0.4 is 15.4 Å². The fourth-order valence-corrected chi connectivity index (χ4v) is 2.37. The van der Waals surface area contributed by atoms with E-state index in [0.29, 0.717) is 5.82 Å². The predicted octanol–water partition coefficient (Wildman–Crippen LogP) is 3.12. The lowest BCUT2D eigenvalue weighted by atomic mass is 10.1. The monoisotopic (exact) mass is 472 g/mol. The van der Waals surface area contributed by atoms with Gasteiger partial charge >= 0.3 is 5.69 Å². The summed E-state index contributed by atoms with van der Waals surface area (Å²) in [5.74, 6) is 0.00499. The van der Waals surface area contributed by atoms with Gasteiger partial charge in [0.15, 0.2) is 10.9 Å². The Kier molecular flexibility index (Phi) is 6.58. The molecule has 0 atom stereocenters. The summed E-state index contributed by atoms with van der Waals surface area (Å²) in [7, 11) is 0. The number of nitro groups is 1. The molecule has 0 radical (unpaired) electrons. The van der Waals surface area contributed by atoms with Crippen molar-refractivity contribution >= 4 is 57.3 Å². The van der Waals surface area contributed by atoms with Gasteiger partial charge in [-0.25, -0.2) is 4.98 Å². The molecule has 25 heavy (non-hydrogen) atoms. The van der Waals surface area contributed by atoms with Gasteiger partial charge < -0.3 is 10.1 Å². The van der Waals surface area contributed by atoms with Crippen LogP contribution in [0.5, 0.6) is 5.75 Å². The number of pyridine rings is 1. The van der Waals surface area contributed by atoms with Crippen molar-refractivity contribution in [2.45, 2.75) is 6.92 Å². The third kappa shape index (κ3) is 5.32. The Bertz CT molecular complexity index is 814. The van der Waals surface area contributed by atoms with Crippen LogP contribution in [0.1, 0.15) is 17.3 Å². The average Bonchev–Trinajstić information content (AvgIpc) is 2.57. The zero-order chi connectivity index (χ0) is 18.4. The van der Waals surface area contributed by atoms with Gasteiger partial charge in [0, 0.05) is 21.4 Å². The number of nitro benzene ring substituents is 1. The molecule has 0 aliphatic carbocycles. The van der Waals surface area contributed by atoms with Crippen molar-refractivity contribution in [3.63, 3.8) is 0 Å². The Morgan fingerprint density at radius 2 is 2.16 bits per heavy atom. The highest BCUT2D eigenvalue weighted by Gasteiger charge is 2.19. The number of nitrogens with zero attached hydrogens (tertiary/aromatic N) is 2. The topological polar surface area (TPSA) is 106 Å². The first-order valence-electron chi connectivity index (χ1n) is 7.06. The second-order valence-electron chi connectivity index (χ2n) is 4.64. The summed E-state index contributed by atoms with van der Waals surface area (Å²) in [6.45, 7) is 2.00. The maximum atomic E-state index is 12.2. The Morgan fingerprint density at radius 3 is 2.76 bits per heavy atom. The molecule has 0 unspecified atom stereocenters. The van der Waals surface area contributed by atoms with Crippen LogP contribution in [0.2, 0.25) is 0 Å². The Hall–Kier alpha value is -2.34. The van der Waals surface area contributed by atoms with E-state index < -0.39 is 10.8 Å². The number of nitrogens with one attached hydrogen (secondary N) is 2. The Balaban J connectivity index is 2.09. The zero-order valence-electron chi connectivity index (χ0n) is 13.0. The van der Waals surface area contributed by atoms with E-state index in [0.717, 1.165) is 9.64 Å². The minimum absolute atomic E-state index is 0.0373. The number of benzene rings is 1. The van der Waals surface area contributed by atoms with Gasteiger partial charge in [-0.15, -0.1) is 0 Å². The van der Waals surface area contributed by atoms with E-state index in [9.17, 15) is 14.9 Å². The molecule has 0 aliphatic heterocycles. The smallest absolute Gasteiger partial charge is 0.311 e. The first kappa shape index (κ1) is 19.0. The minimum Gasteiger partial charge on any atom is -0.487 e. The summed E-state index contributed by atoms with van der Waals surface area (Å²) in [5, 5.41) is 16.4. The summed E-state index contributed by atoms with van der Waals surface area (Å²) < 4.78 is 6.14. The number of halogens is 1. The largest absolute Gasteiger partial charge is 0.487 e. The molecule has 0 bridgehead atoms. The standard InChI is InChI=1S/C15H13IN4O4S/c1-2-24-12-5-3-9(7-11(12)20(22)23)14(21)19-15(25)18-13-6-4-10(16)8-17-13/h3-8H,2H2,1H3,(H2,17,18,19,21,25). The van der Waals surface area contributed by atoms with Gasteiger partial charge in [0.25, 0.3) is 5.91 Å². The summed E-state index contributed by atoms with van der Waals surface area (Å²) in [6.07, 6.45) is 1.64. The van der Waals surface area contributed by atoms with Crippen molar-refractivity contribution in [2.75, 3.05) is 11.9 Å². The number of aromatic nitrogens is 1. The van der Waals surface area contributed by atoms with Crippen LogP contribution in [0.25, 0.3) is 0 Å². The molecule has 130 valence electrons. The van der Waals surface area contributed by atoms with Crippen LogP contribution in [0.3, 0.4) is 0 Å². The lowest BCUT2D eigenvalue weighted by Gasteiger charge is -2.10. The van der Waals surface area contributed by atoms with Crippen molar-refractivity contribution in [2.24, 2.45) is 0 Å². The second kappa shape index (κ2) is 8.67. The van der Waals surface area contributed by atoms with Gasteiger partial charge in [-0.05, 0) is 66.0 Å². The molecule has 2 N–H and O–H groups in total. The van der Waals surface area contributed by atoms with Crippen LogP contribution in [0.15, 0.2) is 36.5 Å². The molecule has 10 heteroatoms. The number of hydrogen-bond acceptors (Lipinski definition) is 6. The molecule has 0 fully saturated rings. The molecule has 0 saturated carbocycles. The molecule has 1 heterocycles. The highest BCUT2D eigenvalue weighted by Crippen LogP contribution is 2.27. The molecule has 1 aromatic heterocycles. The van der Waals surface area contributed by atoms with Crippen LogP contribution in [0.4, 0.5) is 11.5 Å². The summed E-state index contributed by atoms with van der Waals surface area (Å²) >= 11 is 7.17. The van der Waals surface area contributed by atoms with E-state index in [2.05, 4.69) is 38.2 Å². The average molecular weight is 472 g/mol. The molecule has 1 amide bonds. The van der Waals surface area contributed by atoms with E-state index >= 15 is 0 Å². The van der Waals surface area contributed by atoms with Gasteiger partial charge in [0.05, 0.1) is 11.5 Å². The molecule has 1 aromatic carbocycles. The highest BCUT2D eigenvalue weighted by atomic mass is 127. The third-order valence-electron chi connectivity index (χ3n) is 2.91. The molecular formula is C15H13IN4O4S. The normalized spacial score (nSPS) is 10.0. The van der Waals surface area contributed by atoms with E-state index in [4.69, 9.17) is 17.0 Å². The van der Waals surface area contributed by atoms with E-state index in [-0.39, 0.29) is 28.7 Å². The van der Waals surface area contributed by atoms with Crippen LogP contribution >= 0.6 is 34.8 Å². The Morgan fingerprint density at radius 1 is 1.40 bits per heavy atom. The third-order valence-corrected chi connectivity index (χ3v) is 3.76. The maximum Gasteiger partial charge on any atom is 0.311 e. The molecule has 2 aromatic rings. The second-order valence-corrected chi connectivity index (χ2v) is 6.30. The number of ether oxygens (including phenoxy) is 1. The number of thiocarbonyl (C=S) groups is 1. The van der Waals surface area contributed by atoms with Crippen LogP contribution in [0, 0.1) is 13.7 Å². The molecule has 8 nitrogen and oxygen atoms in total. The van der Waals surface area contributed by atoms with Crippen molar-refractivity contribution in [3.05, 3.63) is 55.8 Å². The van der Waals surface area contributed by atoms with Crippen molar-refractivity contribution < 1.29 is 14.5 Å². The van der Waals surface area contributed by atoms with Crippen molar-refractivity contribution in [3.8, 4) is 5.75 Å². The predicted molar refractivity (Wildman–Crippen MR) is 105 cm³/mol. The minimum atomic E-state index is -0.603. The van der Waals surface area contributed by atoms with Gasteiger partial charge in [0.1, 0.15) is 5.82 Å². The Labute approximate surface area is 162 Å². The lowest BCUT2D eigenvalue weighted by molar-refractivity contribution is -0.385. The van der Waals surface area contributed by atoms with E-state index in [1.165, 1.54) is 12.1 Å². The first-order valence-corrected chi connectivity index (χ1v) is 8.54. The van der Waals surface area contributed by atoms with E-state index in [1.807, 2.05) is 6.07 Å². The number of carbonyl (C=O) groups excluding carboxylic acids is 1. The molecule has 2 rings (SSSR count). The summed E-state index contributed by atoms with van der Waals surface area (Å²) in [4.78, 5) is 26.8. The fraction of sp³-hybridized carbons (Fsp3) is 0.133. The van der Waals surface area contributed by atoms with E-state index in [1.54, 1.807) is 19.2 Å². The number of carbonyl (C=O) groups is 1. The van der Waals surface area contributed by atoms with Crippen molar-refractivity contribution in [1.29, 1.82) is 0 Å². The summed E-state index contributed by atoms with van der Waals surface area (Å²) in [6, 6.07) is 7.50. The van der Waals surface area contributed by atoms with Crippen molar-refractivity contribution in [1.82, 2.24) is 10.3 Å². The number of hydrogen-bond donors (Lipinski definition) is 2. The first-order chi connectivity index (χ1) is 11.9. The number of rotatable bonds is 5. The fourth-order valence-electron chi connectivity index (χ4n) is 1.85. The number of amides is 1. The lowest BCUT2D eigenvalue weighted by Crippen LogP contribution is -2.34. The highest BCUT2D eigenvalue weighted by molar-refractivity contribution is 14.1. The van der Waals surface area contributed by atoms with Crippen LogP contribution in [-0.4, -0.2) is 27.5 Å². The maximum absolute atomic E-state index is 12.2. The van der Waals surface area contributed by atoms with Gasteiger partial charge in [-0.1, -0.05) is 0 Å². The number of anilines is 1. The molecule has 0 saturated heterocycles. The quantitative estimate of drug-likeness (QED) is 0.298. The molecule has 0 spiro atoms. The molecular weight excluding hydrogens is 459 g/mol. The van der Waals surface area contributed by atoms with Gasteiger partial charge in [-0.2, -0.15) is 0 Å². The van der Waals surface area contributed by atoms with Gasteiger partial charge in [0.2, 0.25) is 0 Å². The summed E-state index contributed by atoms with van der Waals surface area (Å²) in [5.41, 5.74) is -0.192. The SMILES string of the molecule is CCOc1ccc(C(=O)NC(=S)Nc2ccc(I)cn2)cc1[N+](=O)[O-]. The van der Waals surface area contributed by atoms with Gasteiger partial charge in [-0.3, -0.25) is 20.2 Å². The molecule has 0 aliphatic rings. The van der Waals surface area contributed by atoms with Crippen LogP contribution in [-0.2, 0) is 0 Å². The zero-order valence-corrected chi connectivity index (χ0v) is 16.0.